The van der Waals surface area contributed by atoms with Gasteiger partial charge in [0.25, 0.3) is 0 Å². The Bertz CT molecular complexity index is 737. The number of methoxy groups -OCH3 is 2. The summed E-state index contributed by atoms with van der Waals surface area (Å²) >= 11 is 1.76. The van der Waals surface area contributed by atoms with Crippen LogP contribution in [0.15, 0.2) is 53.5 Å². The Kier molecular flexibility index (Phi) is 6.80. The molecule has 0 bridgehead atoms. The third-order valence-corrected chi connectivity index (χ3v) is 5.28. The minimum atomic E-state index is 0.734. The molecule has 0 aromatic heterocycles. The molecule has 0 unspecified atom stereocenters. The molecule has 1 aliphatic heterocycles. The normalized spacial score (nSPS) is 14.5. The van der Waals surface area contributed by atoms with Gasteiger partial charge in [-0.15, -0.1) is 0 Å². The lowest BCUT2D eigenvalue weighted by Gasteiger charge is -2.26. The van der Waals surface area contributed by atoms with Gasteiger partial charge >= 0.3 is 0 Å². The van der Waals surface area contributed by atoms with Crippen LogP contribution in [-0.2, 0) is 12.2 Å². The number of amidine groups is 1. The topological polar surface area (TPSA) is 46.1 Å². The number of thioether (sulfide) groups is 1. The first kappa shape index (κ1) is 18.6. The molecule has 0 saturated carbocycles. The largest absolute Gasteiger partial charge is 0.493 e. The monoisotopic (exact) mass is 371 g/mol. The van der Waals surface area contributed by atoms with Gasteiger partial charge in [-0.05, 0) is 29.7 Å². The minimum absolute atomic E-state index is 0.734. The lowest BCUT2D eigenvalue weighted by Crippen LogP contribution is -2.42. The fraction of sp³-hybridized carbons (Fsp3) is 0.350. The second kappa shape index (κ2) is 9.50. The van der Waals surface area contributed by atoms with E-state index in [1.54, 1.807) is 26.0 Å². The van der Waals surface area contributed by atoms with Crippen LogP contribution in [0.4, 0.5) is 0 Å². The van der Waals surface area contributed by atoms with Crippen molar-refractivity contribution < 1.29 is 9.47 Å². The summed E-state index contributed by atoms with van der Waals surface area (Å²) in [7, 11) is 3.32. The van der Waals surface area contributed by atoms with Crippen LogP contribution in [0.1, 0.15) is 11.1 Å². The second-order valence-electron chi connectivity index (χ2n) is 6.05. The van der Waals surface area contributed by atoms with E-state index >= 15 is 0 Å². The Hall–Kier alpha value is -2.18. The molecule has 5 nitrogen and oxygen atoms in total. The molecule has 2 aromatic rings. The standard InChI is InChI=1S/C20H25N3O2S/c1-24-18-9-8-16(12-19(18)25-2)10-11-23-14-21-20(22-15-23)26-13-17-6-4-3-5-7-17/h3-9,12H,10-11,13-15H2,1-2H3,(H,21,22). The summed E-state index contributed by atoms with van der Waals surface area (Å²) in [6.07, 6.45) is 0.948. The van der Waals surface area contributed by atoms with E-state index < -0.39 is 0 Å². The van der Waals surface area contributed by atoms with Crippen LogP contribution in [0.3, 0.4) is 0 Å². The fourth-order valence-corrected chi connectivity index (χ4v) is 3.56. The second-order valence-corrected chi connectivity index (χ2v) is 7.01. The van der Waals surface area contributed by atoms with Crippen molar-refractivity contribution in [1.82, 2.24) is 10.2 Å². The molecule has 0 spiro atoms. The lowest BCUT2D eigenvalue weighted by molar-refractivity contribution is 0.270. The van der Waals surface area contributed by atoms with Gasteiger partial charge in [-0.3, -0.25) is 4.90 Å². The van der Waals surface area contributed by atoms with E-state index in [-0.39, 0.29) is 0 Å². The third-order valence-electron chi connectivity index (χ3n) is 4.25. The van der Waals surface area contributed by atoms with Crippen LogP contribution in [0, 0.1) is 0 Å². The van der Waals surface area contributed by atoms with Gasteiger partial charge in [0.15, 0.2) is 16.7 Å². The van der Waals surface area contributed by atoms with E-state index in [2.05, 4.69) is 45.5 Å². The van der Waals surface area contributed by atoms with Crippen molar-refractivity contribution in [3.8, 4) is 11.5 Å². The van der Waals surface area contributed by atoms with Crippen LogP contribution in [-0.4, -0.2) is 44.2 Å². The predicted octanol–water partition coefficient (Wildman–Crippen LogP) is 3.36. The Morgan fingerprint density at radius 2 is 1.85 bits per heavy atom. The van der Waals surface area contributed by atoms with Crippen molar-refractivity contribution in [1.29, 1.82) is 0 Å². The van der Waals surface area contributed by atoms with E-state index in [0.29, 0.717) is 0 Å². The highest BCUT2D eigenvalue weighted by Gasteiger charge is 2.13. The van der Waals surface area contributed by atoms with Gasteiger partial charge in [0.05, 0.1) is 27.6 Å². The SMILES string of the molecule is COc1ccc(CCN2CN=C(SCc3ccccc3)NC2)cc1OC. The van der Waals surface area contributed by atoms with Crippen LogP contribution in [0.25, 0.3) is 0 Å². The fourth-order valence-electron chi connectivity index (χ4n) is 2.75. The number of ether oxygens (including phenoxy) is 2. The predicted molar refractivity (Wildman–Crippen MR) is 108 cm³/mol. The zero-order valence-corrected chi connectivity index (χ0v) is 16.1. The zero-order valence-electron chi connectivity index (χ0n) is 15.3. The van der Waals surface area contributed by atoms with Gasteiger partial charge in [-0.1, -0.05) is 48.2 Å². The van der Waals surface area contributed by atoms with E-state index in [1.807, 2.05) is 18.2 Å². The number of nitrogens with one attached hydrogen (secondary N) is 1. The Balaban J connectivity index is 1.45. The summed E-state index contributed by atoms with van der Waals surface area (Å²) in [5.74, 6) is 2.48. The number of hydrogen-bond donors (Lipinski definition) is 1. The number of aliphatic imine (C=N–C) groups is 1. The highest BCUT2D eigenvalue weighted by Crippen LogP contribution is 2.27. The summed E-state index contributed by atoms with van der Waals surface area (Å²) < 4.78 is 10.7. The summed E-state index contributed by atoms with van der Waals surface area (Å²) in [5, 5.41) is 4.43. The first-order chi connectivity index (χ1) is 12.8. The summed E-state index contributed by atoms with van der Waals surface area (Å²) in [6.45, 7) is 2.51. The van der Waals surface area contributed by atoms with Crippen molar-refractivity contribution in [2.45, 2.75) is 12.2 Å². The van der Waals surface area contributed by atoms with Crippen LogP contribution in [0.5, 0.6) is 11.5 Å². The summed E-state index contributed by atoms with van der Waals surface area (Å²) in [4.78, 5) is 6.94. The van der Waals surface area contributed by atoms with Crippen molar-refractivity contribution in [2.24, 2.45) is 4.99 Å². The van der Waals surface area contributed by atoms with E-state index in [1.165, 1.54) is 11.1 Å². The molecule has 1 aliphatic rings. The molecule has 138 valence electrons. The average Bonchev–Trinajstić information content (AvgIpc) is 2.72. The molecule has 2 aromatic carbocycles. The van der Waals surface area contributed by atoms with E-state index in [9.17, 15) is 0 Å². The number of hydrogen-bond acceptors (Lipinski definition) is 6. The number of rotatable bonds is 7. The summed E-state index contributed by atoms with van der Waals surface area (Å²) in [5.41, 5.74) is 2.55. The quantitative estimate of drug-likeness (QED) is 0.809. The van der Waals surface area contributed by atoms with Crippen molar-refractivity contribution in [3.05, 3.63) is 59.7 Å². The summed E-state index contributed by atoms with van der Waals surface area (Å²) in [6, 6.07) is 16.6. The first-order valence-corrected chi connectivity index (χ1v) is 9.65. The molecular formula is C20H25N3O2S. The highest BCUT2D eigenvalue weighted by atomic mass is 32.2. The van der Waals surface area contributed by atoms with Gasteiger partial charge < -0.3 is 14.8 Å². The van der Waals surface area contributed by atoms with E-state index in [4.69, 9.17) is 9.47 Å². The molecular weight excluding hydrogens is 346 g/mol. The van der Waals surface area contributed by atoms with Gasteiger partial charge in [-0.25, -0.2) is 4.99 Å². The Labute approximate surface area is 159 Å². The van der Waals surface area contributed by atoms with Crippen LogP contribution >= 0.6 is 11.8 Å². The maximum Gasteiger partial charge on any atom is 0.160 e. The van der Waals surface area contributed by atoms with Crippen LogP contribution < -0.4 is 14.8 Å². The maximum atomic E-state index is 5.37. The van der Waals surface area contributed by atoms with E-state index in [0.717, 1.165) is 48.7 Å². The molecule has 1 N–H and O–H groups in total. The number of nitrogens with zero attached hydrogens (tertiary/aromatic N) is 2. The third kappa shape index (κ3) is 5.16. The molecule has 26 heavy (non-hydrogen) atoms. The molecule has 0 amide bonds. The molecule has 0 fully saturated rings. The smallest absolute Gasteiger partial charge is 0.160 e. The van der Waals surface area contributed by atoms with Gasteiger partial charge in [0, 0.05) is 12.3 Å². The van der Waals surface area contributed by atoms with Crippen molar-refractivity contribution >= 4 is 16.9 Å². The molecule has 0 aliphatic carbocycles. The Morgan fingerprint density at radius 3 is 2.54 bits per heavy atom. The minimum Gasteiger partial charge on any atom is -0.493 e. The van der Waals surface area contributed by atoms with Gasteiger partial charge in [-0.2, -0.15) is 0 Å². The molecule has 3 rings (SSSR count). The Morgan fingerprint density at radius 1 is 1.04 bits per heavy atom. The lowest BCUT2D eigenvalue weighted by atomic mass is 10.1. The molecule has 0 atom stereocenters. The first-order valence-electron chi connectivity index (χ1n) is 8.67. The van der Waals surface area contributed by atoms with Gasteiger partial charge in [0.2, 0.25) is 0 Å². The zero-order chi connectivity index (χ0) is 18.2. The van der Waals surface area contributed by atoms with Crippen molar-refractivity contribution in [3.63, 3.8) is 0 Å². The molecule has 1 heterocycles. The molecule has 0 saturated heterocycles. The maximum absolute atomic E-state index is 5.37. The van der Waals surface area contributed by atoms with Crippen molar-refractivity contribution in [2.75, 3.05) is 34.1 Å². The van der Waals surface area contributed by atoms with Gasteiger partial charge in [0.1, 0.15) is 0 Å². The average molecular weight is 372 g/mol. The number of benzene rings is 2. The molecule has 6 heteroatoms. The highest BCUT2D eigenvalue weighted by molar-refractivity contribution is 8.13. The molecule has 0 radical (unpaired) electrons. The van der Waals surface area contributed by atoms with Crippen LogP contribution in [0.2, 0.25) is 0 Å².